The summed E-state index contributed by atoms with van der Waals surface area (Å²) >= 11 is 0. The third kappa shape index (κ3) is 7.47. The van der Waals surface area contributed by atoms with Gasteiger partial charge in [0.05, 0.1) is 25.2 Å². The first-order valence-corrected chi connectivity index (χ1v) is 12.3. The number of nitrogens with one attached hydrogen (secondary N) is 1. The molecule has 8 heteroatoms. The smallest absolute Gasteiger partial charge is 0.232 e. The van der Waals surface area contributed by atoms with Crippen molar-refractivity contribution in [1.29, 1.82) is 0 Å². The fourth-order valence-corrected chi connectivity index (χ4v) is 4.21. The molecule has 0 aromatic heterocycles. The molecule has 0 saturated heterocycles. The van der Waals surface area contributed by atoms with E-state index in [9.17, 15) is 13.2 Å². The predicted octanol–water partition coefficient (Wildman–Crippen LogP) is 3.66. The fourth-order valence-electron chi connectivity index (χ4n) is 3.19. The maximum absolute atomic E-state index is 12.3. The van der Waals surface area contributed by atoms with Gasteiger partial charge in [-0.2, -0.15) is 0 Å². The monoisotopic (exact) mass is 448 g/mol. The van der Waals surface area contributed by atoms with Gasteiger partial charge in [-0.1, -0.05) is 24.3 Å². The van der Waals surface area contributed by atoms with Crippen molar-refractivity contribution in [3.63, 3.8) is 0 Å². The Bertz CT molecular complexity index is 976. The van der Waals surface area contributed by atoms with Gasteiger partial charge in [-0.15, -0.1) is 0 Å². The number of carbonyl (C=O) groups is 1. The highest BCUT2D eigenvalue weighted by molar-refractivity contribution is 7.92. The number of nitrogens with zero attached hydrogens (tertiary/aromatic N) is 1. The SMILES string of the molecule is CCOc1ccc(CNC(=O)CCCN(c2ccccc2C)S(C)(=O)=O)cc1OCC. The van der Waals surface area contributed by atoms with Crippen LogP contribution in [0.25, 0.3) is 0 Å². The van der Waals surface area contributed by atoms with Crippen LogP contribution in [0.3, 0.4) is 0 Å². The number of hydrogen-bond acceptors (Lipinski definition) is 5. The molecule has 0 saturated carbocycles. The normalized spacial score (nSPS) is 11.1. The minimum atomic E-state index is -3.44. The third-order valence-electron chi connectivity index (χ3n) is 4.65. The number of amides is 1. The maximum Gasteiger partial charge on any atom is 0.232 e. The molecular weight excluding hydrogens is 416 g/mol. The second kappa shape index (κ2) is 11.6. The van der Waals surface area contributed by atoms with Crippen molar-refractivity contribution in [3.05, 3.63) is 53.6 Å². The van der Waals surface area contributed by atoms with Crippen LogP contribution in [0.4, 0.5) is 5.69 Å². The molecule has 0 unspecified atom stereocenters. The third-order valence-corrected chi connectivity index (χ3v) is 5.83. The average Bonchev–Trinajstić information content (AvgIpc) is 2.71. The standard InChI is InChI=1S/C23H32N2O5S/c1-5-29-21-14-13-19(16-22(21)30-6-2)17-24-23(26)12-9-15-25(31(4,27)28)20-11-8-7-10-18(20)3/h7-8,10-11,13-14,16H,5-6,9,12,15,17H2,1-4H3,(H,24,26). The van der Waals surface area contributed by atoms with E-state index in [1.165, 1.54) is 10.6 Å². The zero-order valence-corrected chi connectivity index (χ0v) is 19.5. The van der Waals surface area contributed by atoms with E-state index in [1.807, 2.05) is 51.1 Å². The lowest BCUT2D eigenvalue weighted by Gasteiger charge is -2.24. The highest BCUT2D eigenvalue weighted by Crippen LogP contribution is 2.28. The maximum atomic E-state index is 12.3. The van der Waals surface area contributed by atoms with E-state index in [1.54, 1.807) is 12.1 Å². The van der Waals surface area contributed by atoms with Crippen LogP contribution in [0.2, 0.25) is 0 Å². The van der Waals surface area contributed by atoms with Gasteiger partial charge in [0.2, 0.25) is 15.9 Å². The van der Waals surface area contributed by atoms with Crippen LogP contribution in [0.1, 0.15) is 37.8 Å². The van der Waals surface area contributed by atoms with Crippen molar-refractivity contribution in [3.8, 4) is 11.5 Å². The summed E-state index contributed by atoms with van der Waals surface area (Å²) in [7, 11) is -3.44. The summed E-state index contributed by atoms with van der Waals surface area (Å²) in [6.07, 6.45) is 1.83. The van der Waals surface area contributed by atoms with Crippen molar-refractivity contribution < 1.29 is 22.7 Å². The number of sulfonamides is 1. The number of rotatable bonds is 12. The first kappa shape index (κ1) is 24.5. The second-order valence-corrected chi connectivity index (χ2v) is 9.06. The Morgan fingerprint density at radius 3 is 2.35 bits per heavy atom. The lowest BCUT2D eigenvalue weighted by Crippen LogP contribution is -2.32. The summed E-state index contributed by atoms with van der Waals surface area (Å²) in [6, 6.07) is 12.9. The Morgan fingerprint density at radius 1 is 1.03 bits per heavy atom. The average molecular weight is 449 g/mol. The van der Waals surface area contributed by atoms with Gasteiger partial charge in [0, 0.05) is 19.5 Å². The van der Waals surface area contributed by atoms with E-state index in [0.29, 0.717) is 43.4 Å². The molecule has 0 heterocycles. The number of hydrogen-bond donors (Lipinski definition) is 1. The molecule has 0 bridgehead atoms. The van der Waals surface area contributed by atoms with Crippen LogP contribution in [-0.4, -0.2) is 40.3 Å². The summed E-state index contributed by atoms with van der Waals surface area (Å²) in [5, 5.41) is 2.88. The molecule has 0 atom stereocenters. The van der Waals surface area contributed by atoms with Gasteiger partial charge in [-0.05, 0) is 56.5 Å². The molecule has 1 amide bonds. The van der Waals surface area contributed by atoms with E-state index >= 15 is 0 Å². The second-order valence-electron chi connectivity index (χ2n) is 7.15. The quantitative estimate of drug-likeness (QED) is 0.536. The van der Waals surface area contributed by atoms with E-state index in [4.69, 9.17) is 9.47 Å². The Labute approximate surface area is 185 Å². The number of para-hydroxylation sites is 1. The van der Waals surface area contributed by atoms with Crippen LogP contribution in [0, 0.1) is 6.92 Å². The Balaban J connectivity index is 1.91. The molecular formula is C23H32N2O5S. The largest absolute Gasteiger partial charge is 0.490 e. The molecule has 31 heavy (non-hydrogen) atoms. The van der Waals surface area contributed by atoms with Gasteiger partial charge >= 0.3 is 0 Å². The summed E-state index contributed by atoms with van der Waals surface area (Å²) in [5.41, 5.74) is 2.42. The lowest BCUT2D eigenvalue weighted by atomic mass is 10.2. The minimum absolute atomic E-state index is 0.134. The molecule has 0 aliphatic carbocycles. The summed E-state index contributed by atoms with van der Waals surface area (Å²) in [5.74, 6) is 1.19. The summed E-state index contributed by atoms with van der Waals surface area (Å²) in [6.45, 7) is 7.35. The highest BCUT2D eigenvalue weighted by Gasteiger charge is 2.19. The van der Waals surface area contributed by atoms with Gasteiger partial charge in [0.25, 0.3) is 0 Å². The van der Waals surface area contributed by atoms with Gasteiger partial charge in [-0.25, -0.2) is 8.42 Å². The molecule has 2 aromatic carbocycles. The molecule has 170 valence electrons. The Hall–Kier alpha value is -2.74. The summed E-state index contributed by atoms with van der Waals surface area (Å²) < 4.78 is 37.0. The highest BCUT2D eigenvalue weighted by atomic mass is 32.2. The summed E-state index contributed by atoms with van der Waals surface area (Å²) in [4.78, 5) is 12.3. The van der Waals surface area contributed by atoms with Gasteiger partial charge in [-0.3, -0.25) is 9.10 Å². The van der Waals surface area contributed by atoms with E-state index in [-0.39, 0.29) is 18.9 Å². The molecule has 0 aliphatic rings. The molecule has 0 fully saturated rings. The molecule has 2 rings (SSSR count). The minimum Gasteiger partial charge on any atom is -0.490 e. The van der Waals surface area contributed by atoms with Crippen LogP contribution >= 0.6 is 0 Å². The first-order chi connectivity index (χ1) is 14.8. The topological polar surface area (TPSA) is 84.9 Å². The van der Waals surface area contributed by atoms with Crippen LogP contribution in [0.5, 0.6) is 11.5 Å². The Morgan fingerprint density at radius 2 is 1.71 bits per heavy atom. The van der Waals surface area contributed by atoms with Gasteiger partial charge in [0.1, 0.15) is 0 Å². The van der Waals surface area contributed by atoms with Crippen molar-refractivity contribution in [2.75, 3.05) is 30.3 Å². The van der Waals surface area contributed by atoms with Crippen molar-refractivity contribution >= 4 is 21.6 Å². The van der Waals surface area contributed by atoms with Crippen LogP contribution in [0.15, 0.2) is 42.5 Å². The molecule has 1 N–H and O–H groups in total. The van der Waals surface area contributed by atoms with Crippen molar-refractivity contribution in [2.24, 2.45) is 0 Å². The zero-order valence-electron chi connectivity index (χ0n) is 18.7. The lowest BCUT2D eigenvalue weighted by molar-refractivity contribution is -0.121. The number of carbonyl (C=O) groups excluding carboxylic acids is 1. The van der Waals surface area contributed by atoms with E-state index in [2.05, 4.69) is 5.32 Å². The van der Waals surface area contributed by atoms with Crippen molar-refractivity contribution in [1.82, 2.24) is 5.32 Å². The number of benzene rings is 2. The molecule has 0 radical (unpaired) electrons. The zero-order chi connectivity index (χ0) is 22.9. The van der Waals surface area contributed by atoms with Gasteiger partial charge in [0.15, 0.2) is 11.5 Å². The number of aryl methyl sites for hydroxylation is 1. The van der Waals surface area contributed by atoms with Crippen molar-refractivity contribution in [2.45, 2.75) is 40.2 Å². The number of anilines is 1. The van der Waals surface area contributed by atoms with Gasteiger partial charge < -0.3 is 14.8 Å². The predicted molar refractivity (Wildman–Crippen MR) is 123 cm³/mol. The first-order valence-electron chi connectivity index (χ1n) is 10.4. The number of ether oxygens (including phenoxy) is 2. The molecule has 2 aromatic rings. The van der Waals surface area contributed by atoms with Crippen LogP contribution in [-0.2, 0) is 21.4 Å². The molecule has 0 aliphatic heterocycles. The van der Waals surface area contributed by atoms with E-state index < -0.39 is 10.0 Å². The Kier molecular flexibility index (Phi) is 9.18. The fraction of sp³-hybridized carbons (Fsp3) is 0.435. The molecule has 0 spiro atoms. The molecule has 7 nitrogen and oxygen atoms in total. The van der Waals surface area contributed by atoms with Crippen LogP contribution < -0.4 is 19.1 Å². The van der Waals surface area contributed by atoms with E-state index in [0.717, 1.165) is 11.1 Å².